The first-order chi connectivity index (χ1) is 10.8. The molecule has 128 valence electrons. The lowest BCUT2D eigenvalue weighted by molar-refractivity contribution is -0.175. The van der Waals surface area contributed by atoms with Gasteiger partial charge in [0.05, 0.1) is 24.1 Å². The van der Waals surface area contributed by atoms with Gasteiger partial charge >= 0.3 is 6.18 Å². The van der Waals surface area contributed by atoms with Crippen molar-refractivity contribution in [2.45, 2.75) is 38.4 Å². The Kier molecular flexibility index (Phi) is 5.40. The summed E-state index contributed by atoms with van der Waals surface area (Å²) < 4.78 is 43.9. The topological polar surface area (TPSA) is 90.9 Å². The fourth-order valence-electron chi connectivity index (χ4n) is 2.44. The van der Waals surface area contributed by atoms with Crippen molar-refractivity contribution in [1.29, 1.82) is 5.41 Å². The number of nitrogens with one attached hydrogen (secondary N) is 3. The molecule has 23 heavy (non-hydrogen) atoms. The molecule has 1 saturated heterocycles. The summed E-state index contributed by atoms with van der Waals surface area (Å²) >= 11 is 0. The zero-order valence-electron chi connectivity index (χ0n) is 12.7. The normalized spacial score (nSPS) is 19.6. The predicted octanol–water partition coefficient (Wildman–Crippen LogP) is 2.10. The molecule has 6 nitrogen and oxygen atoms in total. The van der Waals surface area contributed by atoms with Gasteiger partial charge in [0.2, 0.25) is 0 Å². The predicted molar refractivity (Wildman–Crippen MR) is 79.1 cm³/mol. The van der Waals surface area contributed by atoms with Gasteiger partial charge in [0.15, 0.2) is 0 Å². The molecule has 1 aliphatic heterocycles. The number of hydrogen-bond acceptors (Lipinski definition) is 5. The number of ether oxygens (including phenoxy) is 1. The molecular weight excluding hydrogens is 313 g/mol. The van der Waals surface area contributed by atoms with Gasteiger partial charge < -0.3 is 20.4 Å². The maximum absolute atomic E-state index is 12.9. The fraction of sp³-hybridized carbons (Fsp3) is 0.643. The van der Waals surface area contributed by atoms with Crippen molar-refractivity contribution in [3.05, 3.63) is 21.7 Å². The number of hydrogen-bond donors (Lipinski definition) is 3. The van der Waals surface area contributed by atoms with Crippen LogP contribution in [0.25, 0.3) is 0 Å². The van der Waals surface area contributed by atoms with Gasteiger partial charge in [-0.1, -0.05) is 6.92 Å². The minimum Gasteiger partial charge on any atom is -0.379 e. The number of aromatic nitrogens is 2. The van der Waals surface area contributed by atoms with Crippen LogP contribution in [0.3, 0.4) is 0 Å². The SMILES string of the molecule is CCC(Cc1nc(NC2CCOC2)c(C=N)c(=O)[nH]1)C(F)(F)F. The largest absolute Gasteiger partial charge is 0.392 e. The van der Waals surface area contributed by atoms with Crippen LogP contribution >= 0.6 is 0 Å². The van der Waals surface area contributed by atoms with Crippen LogP contribution in [0.2, 0.25) is 0 Å². The number of halogens is 3. The zero-order valence-corrected chi connectivity index (χ0v) is 12.7. The summed E-state index contributed by atoms with van der Waals surface area (Å²) in [6, 6.07) is -0.0690. The van der Waals surface area contributed by atoms with E-state index >= 15 is 0 Å². The van der Waals surface area contributed by atoms with Crippen LogP contribution in [0.1, 0.15) is 31.2 Å². The molecule has 1 aliphatic rings. The van der Waals surface area contributed by atoms with Gasteiger partial charge in [-0.25, -0.2) is 4.98 Å². The molecule has 0 radical (unpaired) electrons. The summed E-state index contributed by atoms with van der Waals surface area (Å²) in [6.45, 7) is 2.44. The molecule has 0 bridgehead atoms. The third kappa shape index (κ3) is 4.31. The Hall–Kier alpha value is -1.90. The van der Waals surface area contributed by atoms with Crippen LogP contribution in [0.5, 0.6) is 0 Å². The maximum atomic E-state index is 12.9. The monoisotopic (exact) mass is 332 g/mol. The van der Waals surface area contributed by atoms with E-state index < -0.39 is 24.1 Å². The Morgan fingerprint density at radius 1 is 1.57 bits per heavy atom. The van der Waals surface area contributed by atoms with Gasteiger partial charge in [-0.2, -0.15) is 13.2 Å². The first kappa shape index (κ1) is 17.5. The van der Waals surface area contributed by atoms with E-state index in [-0.39, 0.29) is 29.7 Å². The summed E-state index contributed by atoms with van der Waals surface area (Å²) in [5.74, 6) is -1.48. The second kappa shape index (κ2) is 7.12. The lowest BCUT2D eigenvalue weighted by atomic mass is 10.0. The number of aromatic amines is 1. The lowest BCUT2D eigenvalue weighted by Crippen LogP contribution is -2.29. The van der Waals surface area contributed by atoms with E-state index in [4.69, 9.17) is 10.1 Å². The van der Waals surface area contributed by atoms with E-state index in [1.54, 1.807) is 0 Å². The molecule has 2 atom stereocenters. The van der Waals surface area contributed by atoms with E-state index in [0.717, 1.165) is 6.21 Å². The van der Waals surface area contributed by atoms with Crippen molar-refractivity contribution >= 4 is 12.0 Å². The molecule has 0 spiro atoms. The summed E-state index contributed by atoms with van der Waals surface area (Å²) in [5, 5.41) is 10.3. The summed E-state index contributed by atoms with van der Waals surface area (Å²) in [6.07, 6.45) is -3.29. The van der Waals surface area contributed by atoms with Crippen molar-refractivity contribution in [1.82, 2.24) is 9.97 Å². The van der Waals surface area contributed by atoms with Crippen molar-refractivity contribution in [2.24, 2.45) is 5.92 Å². The van der Waals surface area contributed by atoms with E-state index in [0.29, 0.717) is 19.6 Å². The first-order valence-corrected chi connectivity index (χ1v) is 7.39. The molecule has 0 aromatic carbocycles. The van der Waals surface area contributed by atoms with Crippen LogP contribution in [-0.4, -0.2) is 41.6 Å². The van der Waals surface area contributed by atoms with Crippen molar-refractivity contribution in [2.75, 3.05) is 18.5 Å². The smallest absolute Gasteiger partial charge is 0.379 e. The number of nitrogens with zero attached hydrogens (tertiary/aromatic N) is 1. The Balaban J connectivity index is 2.28. The third-order valence-electron chi connectivity index (χ3n) is 3.81. The quantitative estimate of drug-likeness (QED) is 0.696. The molecule has 9 heteroatoms. The average molecular weight is 332 g/mol. The van der Waals surface area contributed by atoms with Crippen molar-refractivity contribution in [3.63, 3.8) is 0 Å². The molecule has 2 heterocycles. The molecule has 0 saturated carbocycles. The Labute approximate surface area is 131 Å². The number of anilines is 1. The first-order valence-electron chi connectivity index (χ1n) is 7.39. The molecule has 1 aromatic heterocycles. The van der Waals surface area contributed by atoms with Gasteiger partial charge in [0.25, 0.3) is 5.56 Å². The second-order valence-corrected chi connectivity index (χ2v) is 5.48. The van der Waals surface area contributed by atoms with E-state index in [1.165, 1.54) is 6.92 Å². The van der Waals surface area contributed by atoms with E-state index in [9.17, 15) is 18.0 Å². The minimum atomic E-state index is -4.35. The molecule has 2 unspecified atom stereocenters. The molecule has 1 aromatic rings. The molecular formula is C14H19F3N4O2. The van der Waals surface area contributed by atoms with Gasteiger partial charge in [-0.15, -0.1) is 0 Å². The molecule has 0 amide bonds. The number of alkyl halides is 3. The van der Waals surface area contributed by atoms with Gasteiger partial charge in [0, 0.05) is 19.2 Å². The Bertz CT molecular complexity index is 609. The van der Waals surface area contributed by atoms with Gasteiger partial charge in [-0.3, -0.25) is 4.79 Å². The maximum Gasteiger partial charge on any atom is 0.392 e. The highest BCUT2D eigenvalue weighted by Crippen LogP contribution is 2.30. The van der Waals surface area contributed by atoms with Crippen LogP contribution in [-0.2, 0) is 11.2 Å². The second-order valence-electron chi connectivity index (χ2n) is 5.48. The van der Waals surface area contributed by atoms with E-state index in [1.807, 2.05) is 0 Å². The van der Waals surface area contributed by atoms with Gasteiger partial charge in [0.1, 0.15) is 11.6 Å². The number of rotatable bonds is 6. The summed E-state index contributed by atoms with van der Waals surface area (Å²) in [4.78, 5) is 18.4. The fourth-order valence-corrected chi connectivity index (χ4v) is 2.44. The molecule has 2 rings (SSSR count). The highest BCUT2D eigenvalue weighted by Gasteiger charge is 2.38. The average Bonchev–Trinajstić information content (AvgIpc) is 2.96. The summed E-state index contributed by atoms with van der Waals surface area (Å²) in [5.41, 5.74) is -0.621. The molecule has 3 N–H and O–H groups in total. The third-order valence-corrected chi connectivity index (χ3v) is 3.81. The van der Waals surface area contributed by atoms with Crippen molar-refractivity contribution in [3.8, 4) is 0 Å². The Morgan fingerprint density at radius 2 is 2.30 bits per heavy atom. The molecule has 0 aliphatic carbocycles. The van der Waals surface area contributed by atoms with Crippen molar-refractivity contribution < 1.29 is 17.9 Å². The standard InChI is InChI=1S/C14H19F3N4O2/c1-2-8(14(15,16)17)5-11-20-12(10(6-18)13(22)21-11)19-9-3-4-23-7-9/h6,8-9,18H,2-5,7H2,1H3,(H2,19,20,21,22). The highest BCUT2D eigenvalue weighted by atomic mass is 19.4. The highest BCUT2D eigenvalue weighted by molar-refractivity contribution is 5.83. The van der Waals surface area contributed by atoms with Crippen LogP contribution in [0, 0.1) is 11.3 Å². The number of H-pyrrole nitrogens is 1. The van der Waals surface area contributed by atoms with Crippen LogP contribution < -0.4 is 10.9 Å². The lowest BCUT2D eigenvalue weighted by Gasteiger charge is -2.19. The van der Waals surface area contributed by atoms with Crippen LogP contribution in [0.4, 0.5) is 19.0 Å². The Morgan fingerprint density at radius 3 is 2.83 bits per heavy atom. The zero-order chi connectivity index (χ0) is 17.0. The van der Waals surface area contributed by atoms with Crippen LogP contribution in [0.15, 0.2) is 4.79 Å². The van der Waals surface area contributed by atoms with Gasteiger partial charge in [-0.05, 0) is 12.8 Å². The molecule has 1 fully saturated rings. The summed E-state index contributed by atoms with van der Waals surface area (Å²) in [7, 11) is 0. The van der Waals surface area contributed by atoms with E-state index in [2.05, 4.69) is 15.3 Å². The minimum absolute atomic E-state index is 0.000655.